The molecule has 0 bridgehead atoms. The average molecular weight is 201 g/mol. The first-order valence-electron chi connectivity index (χ1n) is 5.73. The summed E-state index contributed by atoms with van der Waals surface area (Å²) in [5.41, 5.74) is 3.81. The lowest BCUT2D eigenvalue weighted by atomic mass is 10.1. The summed E-state index contributed by atoms with van der Waals surface area (Å²) in [6.45, 7) is 9.64. The molecule has 1 heteroatoms. The van der Waals surface area contributed by atoms with Gasteiger partial charge in [0.25, 0.3) is 0 Å². The Kier molecular flexibility index (Phi) is 3.22. The summed E-state index contributed by atoms with van der Waals surface area (Å²) in [6, 6.07) is 8.80. The molecule has 0 amide bonds. The third-order valence-corrected chi connectivity index (χ3v) is 3.05. The van der Waals surface area contributed by atoms with Crippen molar-refractivity contribution >= 4 is 5.57 Å². The number of likely N-dealkylation sites (tertiary alicyclic amines) is 1. The van der Waals surface area contributed by atoms with Gasteiger partial charge in [0.2, 0.25) is 0 Å². The van der Waals surface area contributed by atoms with Gasteiger partial charge in [0, 0.05) is 6.54 Å². The maximum atomic E-state index is 3.95. The lowest BCUT2D eigenvalue weighted by Crippen LogP contribution is -2.18. The van der Waals surface area contributed by atoms with Crippen molar-refractivity contribution in [2.24, 2.45) is 0 Å². The van der Waals surface area contributed by atoms with Crippen LogP contribution < -0.4 is 0 Å². The van der Waals surface area contributed by atoms with Gasteiger partial charge in [-0.3, -0.25) is 4.90 Å². The molecule has 15 heavy (non-hydrogen) atoms. The third-order valence-electron chi connectivity index (χ3n) is 3.05. The lowest BCUT2D eigenvalue weighted by molar-refractivity contribution is 0.331. The molecule has 0 aliphatic carbocycles. The van der Waals surface area contributed by atoms with Crippen molar-refractivity contribution in [3.05, 3.63) is 42.0 Å². The van der Waals surface area contributed by atoms with Gasteiger partial charge in [0.15, 0.2) is 0 Å². The zero-order valence-electron chi connectivity index (χ0n) is 9.50. The van der Waals surface area contributed by atoms with E-state index in [2.05, 4.69) is 42.7 Å². The quantitative estimate of drug-likeness (QED) is 0.725. The Bertz CT molecular complexity index is 331. The predicted octanol–water partition coefficient (Wildman–Crippen LogP) is 3.32. The molecule has 80 valence electrons. The van der Waals surface area contributed by atoms with Crippen LogP contribution in [0.5, 0.6) is 0 Å². The Balaban J connectivity index is 2.00. The second-order valence-corrected chi connectivity index (χ2v) is 4.46. The minimum absolute atomic E-state index is 1.11. The predicted molar refractivity (Wildman–Crippen MR) is 65.7 cm³/mol. The first-order valence-corrected chi connectivity index (χ1v) is 5.73. The molecule has 1 saturated heterocycles. The highest BCUT2D eigenvalue weighted by Crippen LogP contribution is 2.16. The third kappa shape index (κ3) is 2.69. The fourth-order valence-corrected chi connectivity index (χ4v) is 2.09. The van der Waals surface area contributed by atoms with Crippen molar-refractivity contribution in [1.29, 1.82) is 0 Å². The summed E-state index contributed by atoms with van der Waals surface area (Å²) in [5, 5.41) is 0. The van der Waals surface area contributed by atoms with Crippen molar-refractivity contribution in [1.82, 2.24) is 4.90 Å². The number of rotatable bonds is 3. The van der Waals surface area contributed by atoms with Gasteiger partial charge in [-0.05, 0) is 44.0 Å². The van der Waals surface area contributed by atoms with Crippen molar-refractivity contribution < 1.29 is 0 Å². The van der Waals surface area contributed by atoms with Crippen LogP contribution in [0.15, 0.2) is 30.8 Å². The molecule has 1 aromatic rings. The summed E-state index contributed by atoms with van der Waals surface area (Å²) in [7, 11) is 0. The van der Waals surface area contributed by atoms with Gasteiger partial charge in [0.05, 0.1) is 0 Å². The van der Waals surface area contributed by atoms with E-state index in [-0.39, 0.29) is 0 Å². The Hall–Kier alpha value is -1.08. The lowest BCUT2D eigenvalue weighted by Gasteiger charge is -2.14. The maximum Gasteiger partial charge on any atom is 0.0233 e. The van der Waals surface area contributed by atoms with Gasteiger partial charge < -0.3 is 0 Å². The zero-order chi connectivity index (χ0) is 10.7. The van der Waals surface area contributed by atoms with Crippen LogP contribution in [-0.4, -0.2) is 18.0 Å². The maximum absolute atomic E-state index is 3.95. The van der Waals surface area contributed by atoms with Crippen molar-refractivity contribution in [3.8, 4) is 0 Å². The summed E-state index contributed by atoms with van der Waals surface area (Å²) in [4.78, 5) is 2.52. The second kappa shape index (κ2) is 4.63. The van der Waals surface area contributed by atoms with Crippen molar-refractivity contribution in [2.75, 3.05) is 13.1 Å². The van der Waals surface area contributed by atoms with Gasteiger partial charge in [-0.2, -0.15) is 0 Å². The Labute approximate surface area is 92.4 Å². The monoisotopic (exact) mass is 201 g/mol. The van der Waals surface area contributed by atoms with Crippen LogP contribution in [0, 0.1) is 0 Å². The molecule has 0 radical (unpaired) electrons. The smallest absolute Gasteiger partial charge is 0.0233 e. The Morgan fingerprint density at radius 1 is 1.20 bits per heavy atom. The number of hydrogen-bond acceptors (Lipinski definition) is 1. The molecule has 1 nitrogen and oxygen atoms in total. The van der Waals surface area contributed by atoms with Crippen LogP contribution >= 0.6 is 0 Å². The molecule has 1 heterocycles. The van der Waals surface area contributed by atoms with Crippen LogP contribution in [0.2, 0.25) is 0 Å². The Morgan fingerprint density at radius 2 is 1.80 bits per heavy atom. The molecule has 0 aromatic heterocycles. The molecule has 1 aliphatic rings. The highest BCUT2D eigenvalue weighted by Gasteiger charge is 2.11. The molecule has 0 unspecified atom stereocenters. The van der Waals surface area contributed by atoms with E-state index in [1.165, 1.54) is 37.1 Å². The summed E-state index contributed by atoms with van der Waals surface area (Å²) < 4.78 is 0. The van der Waals surface area contributed by atoms with Crippen LogP contribution in [0.25, 0.3) is 5.57 Å². The molecule has 0 spiro atoms. The summed E-state index contributed by atoms with van der Waals surface area (Å²) in [5.74, 6) is 0. The fourth-order valence-electron chi connectivity index (χ4n) is 2.09. The average Bonchev–Trinajstić information content (AvgIpc) is 2.71. The highest BCUT2D eigenvalue weighted by atomic mass is 15.1. The van der Waals surface area contributed by atoms with Crippen molar-refractivity contribution in [2.45, 2.75) is 26.3 Å². The van der Waals surface area contributed by atoms with E-state index < -0.39 is 0 Å². The second-order valence-electron chi connectivity index (χ2n) is 4.46. The molecule has 1 aromatic carbocycles. The number of allylic oxidation sites excluding steroid dienone is 1. The summed E-state index contributed by atoms with van der Waals surface area (Å²) in [6.07, 6.45) is 2.73. The Morgan fingerprint density at radius 3 is 2.33 bits per heavy atom. The van der Waals surface area contributed by atoms with Crippen molar-refractivity contribution in [3.63, 3.8) is 0 Å². The fraction of sp³-hybridized carbons (Fsp3) is 0.429. The van der Waals surface area contributed by atoms with E-state index >= 15 is 0 Å². The minimum Gasteiger partial charge on any atom is -0.299 e. The van der Waals surface area contributed by atoms with Gasteiger partial charge >= 0.3 is 0 Å². The molecular weight excluding hydrogens is 182 g/mol. The largest absolute Gasteiger partial charge is 0.299 e. The number of hydrogen-bond donors (Lipinski definition) is 0. The van der Waals surface area contributed by atoms with E-state index in [9.17, 15) is 0 Å². The first kappa shape index (κ1) is 10.4. The molecule has 0 saturated carbocycles. The van der Waals surface area contributed by atoms with Gasteiger partial charge in [-0.15, -0.1) is 0 Å². The summed E-state index contributed by atoms with van der Waals surface area (Å²) >= 11 is 0. The van der Waals surface area contributed by atoms with Crippen LogP contribution in [0.1, 0.15) is 30.9 Å². The molecule has 0 atom stereocenters. The number of nitrogens with zero attached hydrogens (tertiary/aromatic N) is 1. The van der Waals surface area contributed by atoms with E-state index in [4.69, 9.17) is 0 Å². The van der Waals surface area contributed by atoms with E-state index in [0.29, 0.717) is 0 Å². The van der Waals surface area contributed by atoms with Gasteiger partial charge in [0.1, 0.15) is 0 Å². The van der Waals surface area contributed by atoms with E-state index in [1.54, 1.807) is 0 Å². The molecule has 1 aliphatic heterocycles. The van der Waals surface area contributed by atoms with Gasteiger partial charge in [-0.1, -0.05) is 36.4 Å². The topological polar surface area (TPSA) is 3.24 Å². The minimum atomic E-state index is 1.11. The van der Waals surface area contributed by atoms with Crippen LogP contribution in [-0.2, 0) is 6.54 Å². The molecule has 0 N–H and O–H groups in total. The van der Waals surface area contributed by atoms with Crippen LogP contribution in [0.3, 0.4) is 0 Å². The highest BCUT2D eigenvalue weighted by molar-refractivity contribution is 5.61. The first-order chi connectivity index (χ1) is 7.25. The SMILES string of the molecule is C=C(C)c1ccc(CN2CCCC2)cc1. The van der Waals surface area contributed by atoms with E-state index in [1.807, 2.05) is 0 Å². The standard InChI is InChI=1S/C14H19N/c1-12(2)14-7-5-13(6-8-14)11-15-9-3-4-10-15/h5-8H,1,3-4,9-11H2,2H3. The zero-order valence-corrected chi connectivity index (χ0v) is 9.50. The van der Waals surface area contributed by atoms with Gasteiger partial charge in [-0.25, -0.2) is 0 Å². The molecule has 1 fully saturated rings. The number of benzene rings is 1. The van der Waals surface area contributed by atoms with Crippen LogP contribution in [0.4, 0.5) is 0 Å². The molecular formula is C14H19N. The van der Waals surface area contributed by atoms with E-state index in [0.717, 1.165) is 12.1 Å². The normalized spacial score (nSPS) is 16.9. The molecule has 2 rings (SSSR count).